The van der Waals surface area contributed by atoms with Crippen molar-refractivity contribution in [3.63, 3.8) is 0 Å². The van der Waals surface area contributed by atoms with Crippen LogP contribution in [0.4, 0.5) is 0 Å². The molecule has 2 rings (SSSR count). The highest BCUT2D eigenvalue weighted by Gasteiger charge is 2.31. The average molecular weight is 303 g/mol. The summed E-state index contributed by atoms with van der Waals surface area (Å²) < 4.78 is 23.0. The zero-order chi connectivity index (χ0) is 14.4. The van der Waals surface area contributed by atoms with Gasteiger partial charge in [-0.2, -0.15) is 0 Å². The third kappa shape index (κ3) is 2.91. The number of hydrogen-bond donors (Lipinski definition) is 1. The molecule has 0 spiro atoms. The summed E-state index contributed by atoms with van der Waals surface area (Å²) in [5.41, 5.74) is 0.601. The van der Waals surface area contributed by atoms with Crippen LogP contribution in [-0.4, -0.2) is 32.3 Å². The van der Waals surface area contributed by atoms with Crippen molar-refractivity contribution in [1.82, 2.24) is 4.90 Å². The molecule has 0 atom stereocenters. The molecule has 1 aliphatic carbocycles. The first-order chi connectivity index (χ1) is 8.71. The molecule has 1 aliphatic rings. The maximum atomic E-state index is 12.2. The van der Waals surface area contributed by atoms with Crippen molar-refractivity contribution in [2.75, 3.05) is 7.05 Å². The molecule has 5 nitrogen and oxygen atoms in total. The Morgan fingerprint density at radius 3 is 2.47 bits per heavy atom. The first-order valence-electron chi connectivity index (χ1n) is 5.82. The minimum absolute atomic E-state index is 0.104. The van der Waals surface area contributed by atoms with Crippen molar-refractivity contribution in [3.8, 4) is 0 Å². The Kier molecular flexibility index (Phi) is 3.59. The topological polar surface area (TPSA) is 80.5 Å². The van der Waals surface area contributed by atoms with E-state index in [0.29, 0.717) is 5.56 Å². The zero-order valence-corrected chi connectivity index (χ0v) is 12.3. The standard InChI is InChI=1S/C12H15ClN2O3S/c1-7-10(13)5-8(6-11(7)19(14,17)18)12(16)15(2)9-3-4-9/h5-6,9H,3-4H2,1-2H3,(H2,14,17,18). The number of carbonyl (C=O) groups excluding carboxylic acids is 1. The minimum Gasteiger partial charge on any atom is -0.339 e. The summed E-state index contributed by atoms with van der Waals surface area (Å²) in [5, 5.41) is 5.35. The lowest BCUT2D eigenvalue weighted by atomic mass is 10.1. The van der Waals surface area contributed by atoms with Gasteiger partial charge < -0.3 is 4.90 Å². The van der Waals surface area contributed by atoms with Gasteiger partial charge in [-0.05, 0) is 37.5 Å². The van der Waals surface area contributed by atoms with Crippen molar-refractivity contribution < 1.29 is 13.2 Å². The van der Waals surface area contributed by atoms with Crippen LogP contribution in [0.1, 0.15) is 28.8 Å². The number of carbonyl (C=O) groups is 1. The van der Waals surface area contributed by atoms with E-state index >= 15 is 0 Å². The van der Waals surface area contributed by atoms with Gasteiger partial charge in [0.05, 0.1) is 4.90 Å². The second-order valence-corrected chi connectivity index (χ2v) is 6.71. The third-order valence-electron chi connectivity index (χ3n) is 3.27. The number of halogens is 1. The summed E-state index contributed by atoms with van der Waals surface area (Å²) in [6, 6.07) is 3.01. The Morgan fingerprint density at radius 1 is 1.42 bits per heavy atom. The second kappa shape index (κ2) is 4.77. The molecule has 0 unspecified atom stereocenters. The van der Waals surface area contributed by atoms with Crippen LogP contribution in [0.5, 0.6) is 0 Å². The van der Waals surface area contributed by atoms with Crippen molar-refractivity contribution in [2.24, 2.45) is 5.14 Å². The van der Waals surface area contributed by atoms with E-state index in [2.05, 4.69) is 0 Å². The minimum atomic E-state index is -3.90. The number of amides is 1. The summed E-state index contributed by atoms with van der Waals surface area (Å²) >= 11 is 5.98. The van der Waals surface area contributed by atoms with Crippen LogP contribution in [0.25, 0.3) is 0 Å². The molecule has 19 heavy (non-hydrogen) atoms. The van der Waals surface area contributed by atoms with E-state index in [1.54, 1.807) is 18.9 Å². The van der Waals surface area contributed by atoms with E-state index in [0.717, 1.165) is 12.8 Å². The molecule has 0 aliphatic heterocycles. The normalized spacial score (nSPS) is 15.4. The number of hydrogen-bond acceptors (Lipinski definition) is 3. The van der Waals surface area contributed by atoms with Gasteiger partial charge in [0.1, 0.15) is 0 Å². The Hall–Kier alpha value is -1.11. The van der Waals surface area contributed by atoms with E-state index in [4.69, 9.17) is 16.7 Å². The fourth-order valence-corrected chi connectivity index (χ4v) is 3.01. The maximum absolute atomic E-state index is 12.2. The van der Waals surface area contributed by atoms with E-state index in [1.165, 1.54) is 12.1 Å². The van der Waals surface area contributed by atoms with Crippen LogP contribution in [0, 0.1) is 6.92 Å². The van der Waals surface area contributed by atoms with Gasteiger partial charge in [0.15, 0.2) is 0 Å². The summed E-state index contributed by atoms with van der Waals surface area (Å²) in [7, 11) is -2.20. The SMILES string of the molecule is Cc1c(Cl)cc(C(=O)N(C)C2CC2)cc1S(N)(=O)=O. The highest BCUT2D eigenvalue weighted by Crippen LogP contribution is 2.29. The highest BCUT2D eigenvalue weighted by molar-refractivity contribution is 7.89. The van der Waals surface area contributed by atoms with Crippen LogP contribution in [0.15, 0.2) is 17.0 Å². The summed E-state index contributed by atoms with van der Waals surface area (Å²) in [4.78, 5) is 13.7. The summed E-state index contributed by atoms with van der Waals surface area (Å²) in [5.74, 6) is -0.241. The first-order valence-corrected chi connectivity index (χ1v) is 7.74. The van der Waals surface area contributed by atoms with Crippen molar-refractivity contribution in [3.05, 3.63) is 28.3 Å². The molecule has 1 fully saturated rings. The molecular weight excluding hydrogens is 288 g/mol. The average Bonchev–Trinajstić information content (AvgIpc) is 3.13. The van der Waals surface area contributed by atoms with Gasteiger partial charge >= 0.3 is 0 Å². The van der Waals surface area contributed by atoms with Crippen molar-refractivity contribution in [2.45, 2.75) is 30.7 Å². The van der Waals surface area contributed by atoms with Crippen LogP contribution in [-0.2, 0) is 10.0 Å². The number of primary sulfonamides is 1. The molecule has 0 heterocycles. The van der Waals surface area contributed by atoms with Gasteiger partial charge in [0.25, 0.3) is 5.91 Å². The molecule has 1 aromatic carbocycles. The van der Waals surface area contributed by atoms with Crippen molar-refractivity contribution in [1.29, 1.82) is 0 Å². The molecule has 1 aromatic rings. The number of nitrogens with zero attached hydrogens (tertiary/aromatic N) is 1. The molecule has 1 amide bonds. The maximum Gasteiger partial charge on any atom is 0.253 e. The second-order valence-electron chi connectivity index (χ2n) is 4.77. The first kappa shape index (κ1) is 14.3. The summed E-state index contributed by atoms with van der Waals surface area (Å²) in [6.45, 7) is 1.56. The number of rotatable bonds is 3. The Bertz CT molecular complexity index is 639. The fourth-order valence-electron chi connectivity index (χ4n) is 1.90. The lowest BCUT2D eigenvalue weighted by molar-refractivity contribution is 0.0785. The smallest absolute Gasteiger partial charge is 0.253 e. The van der Waals surface area contributed by atoms with Crippen LogP contribution in [0.2, 0.25) is 5.02 Å². The molecule has 2 N–H and O–H groups in total. The largest absolute Gasteiger partial charge is 0.339 e. The lowest BCUT2D eigenvalue weighted by Gasteiger charge is -2.17. The van der Waals surface area contributed by atoms with E-state index < -0.39 is 10.0 Å². The van der Waals surface area contributed by atoms with Gasteiger partial charge in [-0.25, -0.2) is 13.6 Å². The van der Waals surface area contributed by atoms with E-state index in [1.807, 2.05) is 0 Å². The Labute approximate surface area is 117 Å². The van der Waals surface area contributed by atoms with Gasteiger partial charge in [0.2, 0.25) is 10.0 Å². The van der Waals surface area contributed by atoms with Gasteiger partial charge in [-0.3, -0.25) is 4.79 Å². The Balaban J connectivity index is 2.47. The van der Waals surface area contributed by atoms with Gasteiger partial charge in [-0.1, -0.05) is 11.6 Å². The molecule has 0 bridgehead atoms. The molecular formula is C12H15ClN2O3S. The zero-order valence-electron chi connectivity index (χ0n) is 10.7. The molecule has 104 valence electrons. The molecule has 7 heteroatoms. The fraction of sp³-hybridized carbons (Fsp3) is 0.417. The predicted octanol–water partition coefficient (Wildman–Crippen LogP) is 1.53. The molecule has 0 radical (unpaired) electrons. The van der Waals surface area contributed by atoms with E-state index in [-0.39, 0.29) is 27.4 Å². The Morgan fingerprint density at radius 2 is 2.00 bits per heavy atom. The molecule has 1 saturated carbocycles. The van der Waals surface area contributed by atoms with Crippen molar-refractivity contribution >= 4 is 27.5 Å². The quantitative estimate of drug-likeness (QED) is 0.919. The third-order valence-corrected chi connectivity index (χ3v) is 4.69. The van der Waals surface area contributed by atoms with E-state index in [9.17, 15) is 13.2 Å². The van der Waals surface area contributed by atoms with Crippen LogP contribution < -0.4 is 5.14 Å². The van der Waals surface area contributed by atoms with Gasteiger partial charge in [-0.15, -0.1) is 0 Å². The van der Waals surface area contributed by atoms with Gasteiger partial charge in [0, 0.05) is 23.7 Å². The predicted molar refractivity (Wildman–Crippen MR) is 72.7 cm³/mol. The number of sulfonamides is 1. The number of nitrogens with two attached hydrogens (primary N) is 1. The number of benzene rings is 1. The van der Waals surface area contributed by atoms with Crippen LogP contribution in [0.3, 0.4) is 0 Å². The summed E-state index contributed by atoms with van der Waals surface area (Å²) in [6.07, 6.45) is 1.95. The van der Waals surface area contributed by atoms with Crippen LogP contribution >= 0.6 is 11.6 Å². The molecule has 0 saturated heterocycles. The monoisotopic (exact) mass is 302 g/mol. The highest BCUT2D eigenvalue weighted by atomic mass is 35.5. The molecule has 0 aromatic heterocycles. The lowest BCUT2D eigenvalue weighted by Crippen LogP contribution is -2.29.